The van der Waals surface area contributed by atoms with Gasteiger partial charge in [-0.15, -0.1) is 0 Å². The third-order valence-corrected chi connectivity index (χ3v) is 0. The number of hydrogen-bond acceptors (Lipinski definition) is 2. The van der Waals surface area contributed by atoms with Crippen molar-refractivity contribution in [1.82, 2.24) is 0 Å². The monoisotopic (exact) mass is 103 g/mol. The summed E-state index contributed by atoms with van der Waals surface area (Å²) in [5, 5.41) is 0. The molecular weight excluding hydrogens is 101 g/mol. The van der Waals surface area contributed by atoms with Gasteiger partial charge in [-0.25, -0.2) is 0 Å². The summed E-state index contributed by atoms with van der Waals surface area (Å²) in [4.78, 5) is 0. The molecule has 2 N–H and O–H groups in total. The van der Waals surface area contributed by atoms with E-state index in [0.29, 0.717) is 0 Å². The molecule has 0 spiro atoms. The minimum atomic E-state index is 0. The molecule has 0 aromatic heterocycles. The second kappa shape index (κ2) is 28.4. The van der Waals surface area contributed by atoms with Crippen LogP contribution >= 0.6 is 0 Å². The molecule has 16 valence electrons. The molecule has 0 amide bonds. The molecular formula is H2Na3O2+. The molecule has 0 rings (SSSR count). The van der Waals surface area contributed by atoms with Crippen LogP contribution in [-0.4, -0.2) is 11.0 Å². The molecule has 0 aliphatic rings. The maximum atomic E-state index is 0. The topological polar surface area (TPSA) is 60.0 Å². The molecule has 0 unspecified atom stereocenters. The van der Waals surface area contributed by atoms with E-state index in [1.165, 1.54) is 0 Å². The Bertz CT molecular complexity index is 4.85. The Balaban J connectivity index is 0. The Morgan fingerprint density at radius 2 is 0.400 bits per heavy atom. The van der Waals surface area contributed by atoms with E-state index in [4.69, 9.17) is 0 Å². The van der Waals surface area contributed by atoms with Crippen LogP contribution in [0.3, 0.4) is 0 Å². The van der Waals surface area contributed by atoms with Gasteiger partial charge in [-0.2, -0.15) is 0 Å². The summed E-state index contributed by atoms with van der Waals surface area (Å²) in [6.07, 6.45) is 0. The molecule has 0 fully saturated rings. The fraction of sp³-hybridized carbons (Fsp3) is 0. The molecule has 0 aliphatic heterocycles. The van der Waals surface area contributed by atoms with E-state index in [2.05, 4.69) is 0 Å². The molecule has 0 aliphatic carbocycles. The minimum Gasteiger partial charge on any atom is -0.870 e. The summed E-state index contributed by atoms with van der Waals surface area (Å²) in [5.74, 6) is 0. The third kappa shape index (κ3) is 19.6. The Morgan fingerprint density at radius 3 is 0.400 bits per heavy atom. The molecule has 0 heterocycles. The first-order chi connectivity index (χ1) is 0. The van der Waals surface area contributed by atoms with Gasteiger partial charge in [0.2, 0.25) is 0 Å². The normalized spacial score (nSPS) is 0. The predicted molar refractivity (Wildman–Crippen MR) is 3.87 cm³/mol. The molecule has 5 heteroatoms. The van der Waals surface area contributed by atoms with Crippen LogP contribution in [0.1, 0.15) is 0 Å². The Hall–Kier alpha value is 2.92. The quantitative estimate of drug-likeness (QED) is 0.286. The second-order valence-corrected chi connectivity index (χ2v) is 0. The van der Waals surface area contributed by atoms with Crippen LogP contribution in [-0.2, 0) is 0 Å². The fourth-order valence-corrected chi connectivity index (χ4v) is 0. The van der Waals surface area contributed by atoms with E-state index in [-0.39, 0.29) is 99.6 Å². The zero-order valence-corrected chi connectivity index (χ0v) is 9.89. The van der Waals surface area contributed by atoms with Gasteiger partial charge in [0.25, 0.3) is 0 Å². The van der Waals surface area contributed by atoms with Crippen LogP contribution in [0.5, 0.6) is 0 Å². The van der Waals surface area contributed by atoms with Crippen molar-refractivity contribution < 1.29 is 99.6 Å². The Morgan fingerprint density at radius 1 is 0.400 bits per heavy atom. The van der Waals surface area contributed by atoms with Gasteiger partial charge >= 0.3 is 88.7 Å². The van der Waals surface area contributed by atoms with Gasteiger partial charge in [-0.05, 0) is 0 Å². The first-order valence-corrected chi connectivity index (χ1v) is 0. The van der Waals surface area contributed by atoms with Gasteiger partial charge in [-0.1, -0.05) is 0 Å². The summed E-state index contributed by atoms with van der Waals surface area (Å²) in [7, 11) is 0. The molecule has 0 saturated carbocycles. The van der Waals surface area contributed by atoms with Crippen molar-refractivity contribution in [3.63, 3.8) is 0 Å². The summed E-state index contributed by atoms with van der Waals surface area (Å²) < 4.78 is 0. The minimum absolute atomic E-state index is 0. The molecule has 0 saturated heterocycles. The average Bonchev–Trinajstić information content (AvgIpc) is 0. The van der Waals surface area contributed by atoms with Crippen molar-refractivity contribution in [3.05, 3.63) is 0 Å². The maximum Gasteiger partial charge on any atom is 1.00 e. The van der Waals surface area contributed by atoms with Crippen LogP contribution in [0.25, 0.3) is 0 Å². The number of rotatable bonds is 0. The summed E-state index contributed by atoms with van der Waals surface area (Å²) in [6, 6.07) is 0. The van der Waals surface area contributed by atoms with E-state index in [1.54, 1.807) is 0 Å². The largest absolute Gasteiger partial charge is 1.00 e. The van der Waals surface area contributed by atoms with Crippen LogP contribution < -0.4 is 88.7 Å². The zero-order chi connectivity index (χ0) is 0. The van der Waals surface area contributed by atoms with Crippen LogP contribution in [0.2, 0.25) is 0 Å². The van der Waals surface area contributed by atoms with E-state index < -0.39 is 0 Å². The number of hydrogen-bond donors (Lipinski definition) is 0. The third-order valence-electron chi connectivity index (χ3n) is 0. The van der Waals surface area contributed by atoms with Crippen molar-refractivity contribution in [3.8, 4) is 0 Å². The van der Waals surface area contributed by atoms with Crippen molar-refractivity contribution in [2.24, 2.45) is 0 Å². The molecule has 0 bridgehead atoms. The van der Waals surface area contributed by atoms with Gasteiger partial charge in [0.05, 0.1) is 0 Å². The summed E-state index contributed by atoms with van der Waals surface area (Å²) in [5.41, 5.74) is 0. The Labute approximate surface area is 97.6 Å². The predicted octanol–water partition coefficient (Wildman–Crippen LogP) is -9.34. The second-order valence-electron chi connectivity index (χ2n) is 0. The molecule has 5 heavy (non-hydrogen) atoms. The molecule has 2 nitrogen and oxygen atoms in total. The van der Waals surface area contributed by atoms with E-state index in [9.17, 15) is 0 Å². The van der Waals surface area contributed by atoms with E-state index in [0.717, 1.165) is 0 Å². The molecule has 0 aromatic rings. The standard InChI is InChI=1S/3Na.2H2O/h;;;2*1H2/q3*+1;;/p-2. The smallest absolute Gasteiger partial charge is 0.870 e. The van der Waals surface area contributed by atoms with Crippen LogP contribution in [0, 0.1) is 0 Å². The van der Waals surface area contributed by atoms with Gasteiger partial charge in [0, 0.05) is 0 Å². The first-order valence-electron chi connectivity index (χ1n) is 0. The average molecular weight is 103 g/mol. The summed E-state index contributed by atoms with van der Waals surface area (Å²) in [6.45, 7) is 0. The van der Waals surface area contributed by atoms with Crippen molar-refractivity contribution in [1.29, 1.82) is 0 Å². The maximum absolute atomic E-state index is 0. The molecule has 0 aromatic carbocycles. The van der Waals surface area contributed by atoms with Gasteiger partial charge < -0.3 is 11.0 Å². The SMILES string of the molecule is [Na+].[Na+].[Na+].[OH-].[OH-]. The van der Waals surface area contributed by atoms with Gasteiger partial charge in [0.1, 0.15) is 0 Å². The fourth-order valence-electron chi connectivity index (χ4n) is 0. The molecule has 0 atom stereocenters. The van der Waals surface area contributed by atoms with Crippen molar-refractivity contribution in [2.45, 2.75) is 0 Å². The van der Waals surface area contributed by atoms with Crippen molar-refractivity contribution >= 4 is 0 Å². The van der Waals surface area contributed by atoms with Gasteiger partial charge in [-0.3, -0.25) is 0 Å². The zero-order valence-electron chi connectivity index (χ0n) is 3.89. The van der Waals surface area contributed by atoms with E-state index >= 15 is 0 Å². The van der Waals surface area contributed by atoms with Gasteiger partial charge in [0.15, 0.2) is 0 Å². The Kier molecular flexibility index (Phi) is 253. The van der Waals surface area contributed by atoms with Crippen molar-refractivity contribution in [2.75, 3.05) is 0 Å². The first kappa shape index (κ1) is 44.5. The summed E-state index contributed by atoms with van der Waals surface area (Å²) >= 11 is 0. The van der Waals surface area contributed by atoms with Crippen LogP contribution in [0.4, 0.5) is 0 Å². The molecule has 0 radical (unpaired) electrons. The van der Waals surface area contributed by atoms with Crippen LogP contribution in [0.15, 0.2) is 0 Å². The van der Waals surface area contributed by atoms with E-state index in [1.807, 2.05) is 0 Å².